The molecule has 1 aromatic rings. The van der Waals surface area contributed by atoms with E-state index in [1.54, 1.807) is 13.8 Å². The molecule has 0 saturated carbocycles. The van der Waals surface area contributed by atoms with Crippen LogP contribution < -0.4 is 5.63 Å². The summed E-state index contributed by atoms with van der Waals surface area (Å²) in [5.41, 5.74) is -0.980. The van der Waals surface area contributed by atoms with Crippen LogP contribution in [-0.4, -0.2) is 28.3 Å². The third kappa shape index (κ3) is 4.68. The summed E-state index contributed by atoms with van der Waals surface area (Å²) in [5, 5.41) is 19.9. The van der Waals surface area contributed by atoms with Gasteiger partial charge in [0.05, 0.1) is 5.71 Å². The van der Waals surface area contributed by atoms with E-state index in [0.29, 0.717) is 18.7 Å². The van der Waals surface area contributed by atoms with Crippen molar-refractivity contribution in [2.45, 2.75) is 59.3 Å². The topological polar surface area (TPSA) is 100 Å². The summed E-state index contributed by atoms with van der Waals surface area (Å²) in [4.78, 5) is 28.2. The van der Waals surface area contributed by atoms with Gasteiger partial charge in [-0.15, -0.1) is 0 Å². The largest absolute Gasteiger partial charge is 0.506 e. The highest BCUT2D eigenvalue weighted by Gasteiger charge is 2.25. The molecule has 0 saturated heterocycles. The molecule has 0 amide bonds. The quantitative estimate of drug-likeness (QED) is 0.412. The first-order valence-corrected chi connectivity index (χ1v) is 8.13. The van der Waals surface area contributed by atoms with E-state index in [9.17, 15) is 19.8 Å². The third-order valence-electron chi connectivity index (χ3n) is 3.62. The van der Waals surface area contributed by atoms with Gasteiger partial charge in [-0.1, -0.05) is 40.0 Å². The van der Waals surface area contributed by atoms with Crippen molar-refractivity contribution in [1.82, 2.24) is 0 Å². The van der Waals surface area contributed by atoms with E-state index in [2.05, 4.69) is 11.9 Å². The number of hydrogen-bond acceptors (Lipinski definition) is 6. The second-order valence-corrected chi connectivity index (χ2v) is 5.31. The van der Waals surface area contributed by atoms with Crippen LogP contribution in [0.25, 0.3) is 0 Å². The predicted molar refractivity (Wildman–Crippen MR) is 88.8 cm³/mol. The van der Waals surface area contributed by atoms with E-state index in [1.165, 1.54) is 0 Å². The number of aliphatic imine (C=N–C) groups is 1. The van der Waals surface area contributed by atoms with Gasteiger partial charge in [-0.3, -0.25) is 9.79 Å². The Bertz CT molecular complexity index is 631. The fraction of sp³-hybridized carbons (Fsp3) is 0.588. The van der Waals surface area contributed by atoms with Gasteiger partial charge in [0.1, 0.15) is 16.9 Å². The number of unbranched alkanes of at least 4 members (excludes halogenated alkanes) is 3. The molecule has 0 atom stereocenters. The minimum absolute atomic E-state index is 0.0733. The number of nitrogens with zero attached hydrogens (tertiary/aromatic N) is 1. The van der Waals surface area contributed by atoms with Gasteiger partial charge in [-0.2, -0.15) is 0 Å². The molecule has 128 valence electrons. The molecule has 23 heavy (non-hydrogen) atoms. The first kappa shape index (κ1) is 18.9. The molecule has 6 nitrogen and oxygen atoms in total. The van der Waals surface area contributed by atoms with Crippen LogP contribution >= 0.6 is 0 Å². The Balaban J connectivity index is 3.20. The van der Waals surface area contributed by atoms with Crippen LogP contribution in [0.15, 0.2) is 14.2 Å². The van der Waals surface area contributed by atoms with Crippen molar-refractivity contribution in [1.29, 1.82) is 0 Å². The summed E-state index contributed by atoms with van der Waals surface area (Å²) in [5.74, 6) is -1.88. The average molecular weight is 323 g/mol. The van der Waals surface area contributed by atoms with E-state index in [4.69, 9.17) is 4.42 Å². The Labute approximate surface area is 135 Å². The molecular weight excluding hydrogens is 298 g/mol. The molecule has 1 aromatic heterocycles. The zero-order chi connectivity index (χ0) is 17.4. The lowest BCUT2D eigenvalue weighted by Crippen LogP contribution is -2.17. The molecule has 1 heterocycles. The number of hydrogen-bond donors (Lipinski definition) is 2. The molecule has 0 spiro atoms. The first-order chi connectivity index (χ1) is 11.0. The maximum Gasteiger partial charge on any atom is 0.351 e. The van der Waals surface area contributed by atoms with Crippen molar-refractivity contribution in [2.24, 2.45) is 4.99 Å². The van der Waals surface area contributed by atoms with E-state index in [0.717, 1.165) is 25.7 Å². The van der Waals surface area contributed by atoms with Gasteiger partial charge in [-0.25, -0.2) is 4.79 Å². The van der Waals surface area contributed by atoms with E-state index >= 15 is 0 Å². The third-order valence-corrected chi connectivity index (χ3v) is 3.62. The molecule has 2 N–H and O–H groups in total. The predicted octanol–water partition coefficient (Wildman–Crippen LogP) is 3.42. The Kier molecular flexibility index (Phi) is 7.51. The minimum Gasteiger partial charge on any atom is -0.506 e. The van der Waals surface area contributed by atoms with E-state index in [-0.39, 0.29) is 17.5 Å². The Hall–Kier alpha value is -2.11. The summed E-state index contributed by atoms with van der Waals surface area (Å²) in [7, 11) is 0. The molecule has 1 rings (SSSR count). The molecular formula is C17H25NO5. The number of ketones is 1. The number of aromatic hydroxyl groups is 2. The summed E-state index contributed by atoms with van der Waals surface area (Å²) in [6.07, 6.45) is 4.67. The standard InChI is InChI=1S/C17H25NO5/c1-4-7-8-9-10-18-11(5-2)13-15(20)14(12(19)6-3)17(22)23-16(13)21/h20,22H,4-10H2,1-3H3. The second-order valence-electron chi connectivity index (χ2n) is 5.31. The highest BCUT2D eigenvalue weighted by atomic mass is 16.5. The first-order valence-electron chi connectivity index (χ1n) is 8.13. The van der Waals surface area contributed by atoms with Gasteiger partial charge in [0.25, 0.3) is 5.95 Å². The summed E-state index contributed by atoms with van der Waals surface area (Å²) >= 11 is 0. The van der Waals surface area contributed by atoms with Crippen LogP contribution in [0.1, 0.15) is 75.2 Å². The highest BCUT2D eigenvalue weighted by molar-refractivity contribution is 6.07. The summed E-state index contributed by atoms with van der Waals surface area (Å²) < 4.78 is 4.71. The van der Waals surface area contributed by atoms with Crippen molar-refractivity contribution in [3.8, 4) is 11.7 Å². The molecule has 0 unspecified atom stereocenters. The van der Waals surface area contributed by atoms with Gasteiger partial charge in [-0.05, 0) is 12.8 Å². The van der Waals surface area contributed by atoms with Crippen LogP contribution in [-0.2, 0) is 0 Å². The number of carbonyl (C=O) groups excluding carboxylic acids is 1. The highest BCUT2D eigenvalue weighted by Crippen LogP contribution is 2.30. The second kappa shape index (κ2) is 9.12. The van der Waals surface area contributed by atoms with Crippen molar-refractivity contribution in [3.05, 3.63) is 21.5 Å². The Morgan fingerprint density at radius 2 is 1.74 bits per heavy atom. The molecule has 0 aliphatic rings. The van der Waals surface area contributed by atoms with Crippen molar-refractivity contribution >= 4 is 11.5 Å². The van der Waals surface area contributed by atoms with Crippen LogP contribution in [0.4, 0.5) is 0 Å². The van der Waals surface area contributed by atoms with Gasteiger partial charge >= 0.3 is 5.63 Å². The summed E-state index contributed by atoms with van der Waals surface area (Å²) in [6, 6.07) is 0. The molecule has 6 heteroatoms. The van der Waals surface area contributed by atoms with Gasteiger partial charge < -0.3 is 14.6 Å². The fourth-order valence-electron chi connectivity index (χ4n) is 2.32. The minimum atomic E-state index is -0.887. The smallest absolute Gasteiger partial charge is 0.351 e. The van der Waals surface area contributed by atoms with Crippen molar-refractivity contribution in [3.63, 3.8) is 0 Å². The zero-order valence-electron chi connectivity index (χ0n) is 14.0. The molecule has 0 aromatic carbocycles. The lowest BCUT2D eigenvalue weighted by Gasteiger charge is -2.10. The van der Waals surface area contributed by atoms with Crippen molar-refractivity contribution < 1.29 is 19.4 Å². The molecule has 0 fully saturated rings. The number of Topliss-reactive ketones (excluding diaryl/α,β-unsaturated/α-hetero) is 1. The maximum atomic E-state index is 12.0. The maximum absolute atomic E-state index is 12.0. The van der Waals surface area contributed by atoms with E-state index < -0.39 is 23.1 Å². The van der Waals surface area contributed by atoms with Crippen LogP contribution in [0, 0.1) is 0 Å². The van der Waals surface area contributed by atoms with Crippen LogP contribution in [0.2, 0.25) is 0 Å². The van der Waals surface area contributed by atoms with Crippen LogP contribution in [0.3, 0.4) is 0 Å². The molecule has 0 radical (unpaired) electrons. The monoisotopic (exact) mass is 323 g/mol. The summed E-state index contributed by atoms with van der Waals surface area (Å²) in [6.45, 7) is 6.05. The van der Waals surface area contributed by atoms with Crippen molar-refractivity contribution in [2.75, 3.05) is 6.54 Å². The van der Waals surface area contributed by atoms with Crippen LogP contribution in [0.5, 0.6) is 11.7 Å². The lowest BCUT2D eigenvalue weighted by molar-refractivity contribution is 0.0976. The average Bonchev–Trinajstić information content (AvgIpc) is 2.52. The number of rotatable bonds is 9. The normalized spacial score (nSPS) is 11.7. The molecule has 0 bridgehead atoms. The SMILES string of the molecule is CCCCCCN=C(CC)c1c(O)c(C(=O)CC)c(O)oc1=O. The van der Waals surface area contributed by atoms with E-state index in [1.807, 2.05) is 0 Å². The van der Waals surface area contributed by atoms with Gasteiger partial charge in [0.2, 0.25) is 0 Å². The lowest BCUT2D eigenvalue weighted by atomic mass is 10.0. The zero-order valence-corrected chi connectivity index (χ0v) is 14.0. The molecule has 0 aliphatic carbocycles. The Morgan fingerprint density at radius 1 is 1.04 bits per heavy atom. The molecule has 0 aliphatic heterocycles. The number of carbonyl (C=O) groups is 1. The van der Waals surface area contributed by atoms with Gasteiger partial charge in [0.15, 0.2) is 5.78 Å². The Morgan fingerprint density at radius 3 is 2.30 bits per heavy atom. The fourth-order valence-corrected chi connectivity index (χ4v) is 2.32. The van der Waals surface area contributed by atoms with Gasteiger partial charge in [0, 0.05) is 13.0 Å².